The van der Waals surface area contributed by atoms with Crippen molar-refractivity contribution in [2.24, 2.45) is 11.8 Å². The largest absolute Gasteiger partial charge is 0.396 e. The van der Waals surface area contributed by atoms with Gasteiger partial charge in [-0.25, -0.2) is 0 Å². The first-order valence-electron chi connectivity index (χ1n) is 13.2. The van der Waals surface area contributed by atoms with Gasteiger partial charge in [-0.05, 0) is 42.2 Å². The summed E-state index contributed by atoms with van der Waals surface area (Å²) in [4.78, 5) is 32.0. The fraction of sp³-hybridized carbons (Fsp3) is 0.355. The summed E-state index contributed by atoms with van der Waals surface area (Å²) in [5, 5.41) is 10.7. The van der Waals surface area contributed by atoms with Gasteiger partial charge >= 0.3 is 0 Å². The Balaban J connectivity index is 1.42. The third-order valence-corrected chi connectivity index (χ3v) is 8.48. The molecule has 0 aliphatic carbocycles. The van der Waals surface area contributed by atoms with Gasteiger partial charge in [-0.15, -0.1) is 0 Å². The van der Waals surface area contributed by atoms with Crippen molar-refractivity contribution in [1.82, 2.24) is 14.4 Å². The molecule has 190 valence electrons. The SMILES string of the molecule is C/C=C\c1ccc2n(c1=O)C[C@H]1[C@H](CO)[C@@H](C(=O)N3CCc4ccccc4C3)[C@@H]2N1Cc1ccccc1. The standard InChI is InChI=1S/C31H33N3O3/c1-2-8-23-13-14-26-29-28(31(37)32-16-15-22-11-6-7-12-24(22)18-32)25(20-35)27(19-34(26)30(23)36)33(29)17-21-9-4-3-5-10-21/h2-14,25,27-29,35H,15-20H2,1H3/b8-2-/t25-,27-,28+,29+/m0/s1. The van der Waals surface area contributed by atoms with Crippen molar-refractivity contribution in [1.29, 1.82) is 0 Å². The molecule has 1 amide bonds. The highest BCUT2D eigenvalue weighted by atomic mass is 16.3. The second-order valence-electron chi connectivity index (χ2n) is 10.5. The highest BCUT2D eigenvalue weighted by Crippen LogP contribution is 2.49. The van der Waals surface area contributed by atoms with Crippen molar-refractivity contribution in [2.75, 3.05) is 13.2 Å². The number of pyridine rings is 1. The van der Waals surface area contributed by atoms with Gasteiger partial charge in [0.25, 0.3) is 5.56 Å². The second kappa shape index (κ2) is 9.77. The number of nitrogens with zero attached hydrogens (tertiary/aromatic N) is 3. The van der Waals surface area contributed by atoms with E-state index in [1.54, 1.807) is 0 Å². The molecule has 1 fully saturated rings. The molecule has 6 nitrogen and oxygen atoms in total. The molecular weight excluding hydrogens is 462 g/mol. The summed E-state index contributed by atoms with van der Waals surface area (Å²) in [6.07, 6.45) is 4.55. The van der Waals surface area contributed by atoms with Crippen LogP contribution in [0.2, 0.25) is 0 Å². The Morgan fingerprint density at radius 2 is 1.78 bits per heavy atom. The summed E-state index contributed by atoms with van der Waals surface area (Å²) < 4.78 is 1.85. The number of hydrogen-bond donors (Lipinski definition) is 1. The van der Waals surface area contributed by atoms with E-state index in [-0.39, 0.29) is 36.1 Å². The van der Waals surface area contributed by atoms with Crippen molar-refractivity contribution in [2.45, 2.75) is 45.1 Å². The molecule has 1 aromatic heterocycles. The summed E-state index contributed by atoms with van der Waals surface area (Å²) in [5.74, 6) is -0.579. The number of benzene rings is 2. The number of aromatic nitrogens is 1. The van der Waals surface area contributed by atoms with Crippen molar-refractivity contribution < 1.29 is 9.90 Å². The van der Waals surface area contributed by atoms with E-state index in [2.05, 4.69) is 35.2 Å². The topological polar surface area (TPSA) is 65.8 Å². The molecular formula is C31H33N3O3. The normalized spacial score (nSPS) is 24.8. The van der Waals surface area contributed by atoms with E-state index in [4.69, 9.17) is 0 Å². The predicted molar refractivity (Wildman–Crippen MR) is 144 cm³/mol. The minimum absolute atomic E-state index is 0.0263. The lowest BCUT2D eigenvalue weighted by Crippen LogP contribution is -2.46. The van der Waals surface area contributed by atoms with E-state index in [0.29, 0.717) is 31.7 Å². The van der Waals surface area contributed by atoms with Gasteiger partial charge in [0.1, 0.15) is 0 Å². The fourth-order valence-electron chi connectivity index (χ4n) is 6.73. The van der Waals surface area contributed by atoms with Crippen molar-refractivity contribution in [3.05, 3.63) is 111 Å². The molecule has 4 heterocycles. The average Bonchev–Trinajstić information content (AvgIpc) is 3.13. The van der Waals surface area contributed by atoms with Crippen LogP contribution in [0.1, 0.15) is 40.9 Å². The smallest absolute Gasteiger partial charge is 0.258 e. The number of carbonyl (C=O) groups excluding carboxylic acids is 1. The molecule has 2 aromatic carbocycles. The van der Waals surface area contributed by atoms with E-state index < -0.39 is 5.92 Å². The van der Waals surface area contributed by atoms with Crippen LogP contribution >= 0.6 is 0 Å². The molecule has 3 aliphatic rings. The lowest BCUT2D eigenvalue weighted by Gasteiger charge is -2.39. The van der Waals surface area contributed by atoms with Gasteiger partial charge in [0.2, 0.25) is 5.91 Å². The molecule has 0 radical (unpaired) electrons. The van der Waals surface area contributed by atoms with E-state index in [0.717, 1.165) is 17.7 Å². The first-order valence-corrected chi connectivity index (χ1v) is 13.2. The monoisotopic (exact) mass is 495 g/mol. The third kappa shape index (κ3) is 4.05. The van der Waals surface area contributed by atoms with Crippen LogP contribution in [0.25, 0.3) is 6.08 Å². The number of carbonyl (C=O) groups is 1. The lowest BCUT2D eigenvalue weighted by molar-refractivity contribution is -0.139. The van der Waals surface area contributed by atoms with Crippen molar-refractivity contribution in [3.8, 4) is 0 Å². The van der Waals surface area contributed by atoms with Crippen LogP contribution in [0.3, 0.4) is 0 Å². The maximum absolute atomic E-state index is 14.3. The zero-order chi connectivity index (χ0) is 25.5. The Kier molecular flexibility index (Phi) is 6.31. The van der Waals surface area contributed by atoms with Crippen LogP contribution in [0.5, 0.6) is 0 Å². The van der Waals surface area contributed by atoms with Gasteiger partial charge in [-0.2, -0.15) is 0 Å². The van der Waals surface area contributed by atoms with Crippen LogP contribution in [-0.4, -0.2) is 44.6 Å². The second-order valence-corrected chi connectivity index (χ2v) is 10.5. The van der Waals surface area contributed by atoms with Crippen LogP contribution in [0.4, 0.5) is 0 Å². The summed E-state index contributed by atoms with van der Waals surface area (Å²) in [7, 11) is 0. The van der Waals surface area contributed by atoms with Gasteiger partial charge in [-0.3, -0.25) is 14.5 Å². The Bertz CT molecular complexity index is 1400. The molecule has 0 saturated carbocycles. The number of allylic oxidation sites excluding steroid dienone is 1. The first-order chi connectivity index (χ1) is 18.1. The molecule has 37 heavy (non-hydrogen) atoms. The molecule has 6 heteroatoms. The molecule has 2 bridgehead atoms. The first kappa shape index (κ1) is 23.9. The minimum Gasteiger partial charge on any atom is -0.396 e. The summed E-state index contributed by atoms with van der Waals surface area (Å²) in [6, 6.07) is 22.1. The molecule has 3 aliphatic heterocycles. The third-order valence-electron chi connectivity index (χ3n) is 8.48. The zero-order valence-electron chi connectivity index (χ0n) is 21.2. The maximum atomic E-state index is 14.3. The molecule has 1 saturated heterocycles. The van der Waals surface area contributed by atoms with Crippen LogP contribution in [0.15, 0.2) is 77.6 Å². The number of aliphatic hydroxyl groups excluding tert-OH is 1. The number of hydrogen-bond acceptors (Lipinski definition) is 4. The van der Waals surface area contributed by atoms with Gasteiger partial charge in [0.15, 0.2) is 0 Å². The summed E-state index contributed by atoms with van der Waals surface area (Å²) in [5.41, 5.74) is 5.15. The van der Waals surface area contributed by atoms with E-state index in [9.17, 15) is 14.7 Å². The van der Waals surface area contributed by atoms with Gasteiger partial charge < -0.3 is 14.6 Å². The predicted octanol–water partition coefficient (Wildman–Crippen LogP) is 3.63. The lowest BCUT2D eigenvalue weighted by atomic mass is 9.85. The Labute approximate surface area is 217 Å². The highest BCUT2D eigenvalue weighted by molar-refractivity contribution is 5.81. The number of rotatable bonds is 5. The van der Waals surface area contributed by atoms with Crippen LogP contribution in [0, 0.1) is 11.8 Å². The molecule has 6 rings (SSSR count). The number of amides is 1. The Hall–Kier alpha value is -3.48. The molecule has 4 atom stereocenters. The van der Waals surface area contributed by atoms with Gasteiger partial charge in [-0.1, -0.05) is 66.7 Å². The van der Waals surface area contributed by atoms with Crippen LogP contribution in [-0.2, 0) is 30.8 Å². The zero-order valence-corrected chi connectivity index (χ0v) is 21.2. The van der Waals surface area contributed by atoms with E-state index in [1.807, 2.05) is 64.9 Å². The van der Waals surface area contributed by atoms with E-state index >= 15 is 0 Å². The fourth-order valence-corrected chi connectivity index (χ4v) is 6.73. The molecule has 3 aromatic rings. The maximum Gasteiger partial charge on any atom is 0.258 e. The quantitative estimate of drug-likeness (QED) is 0.587. The van der Waals surface area contributed by atoms with Crippen LogP contribution < -0.4 is 5.56 Å². The Morgan fingerprint density at radius 1 is 1.03 bits per heavy atom. The summed E-state index contributed by atoms with van der Waals surface area (Å²) >= 11 is 0. The van der Waals surface area contributed by atoms with Crippen molar-refractivity contribution >= 4 is 12.0 Å². The van der Waals surface area contributed by atoms with Gasteiger partial charge in [0.05, 0.1) is 12.0 Å². The van der Waals surface area contributed by atoms with Gasteiger partial charge in [0, 0.05) is 56.0 Å². The molecule has 0 spiro atoms. The average molecular weight is 496 g/mol. The number of fused-ring (bicyclic) bond motifs is 5. The highest BCUT2D eigenvalue weighted by Gasteiger charge is 2.56. The summed E-state index contributed by atoms with van der Waals surface area (Å²) in [6.45, 7) is 4.23. The minimum atomic E-state index is -0.412. The Morgan fingerprint density at radius 3 is 2.54 bits per heavy atom. The molecule has 0 unspecified atom stereocenters. The van der Waals surface area contributed by atoms with E-state index in [1.165, 1.54) is 11.1 Å². The van der Waals surface area contributed by atoms with Crippen molar-refractivity contribution in [3.63, 3.8) is 0 Å². The molecule has 1 N–H and O–H groups in total. The number of aliphatic hydroxyl groups is 1.